The molecular formula is C31H33N3O4S. The number of hydrogen-bond donors (Lipinski definition) is 1. The average Bonchev–Trinajstić information content (AvgIpc) is 3.42. The van der Waals surface area contributed by atoms with Gasteiger partial charge in [0, 0.05) is 35.8 Å². The quantitative estimate of drug-likeness (QED) is 0.364. The highest BCUT2D eigenvalue weighted by atomic mass is 32.2. The molecule has 3 aromatic rings. The Morgan fingerprint density at radius 1 is 1.13 bits per heavy atom. The van der Waals surface area contributed by atoms with Gasteiger partial charge in [0.25, 0.3) is 0 Å². The van der Waals surface area contributed by atoms with Crippen LogP contribution in [0, 0.1) is 12.8 Å². The highest BCUT2D eigenvalue weighted by Gasteiger charge is 2.33. The number of carbonyl (C=O) groups excluding carboxylic acids is 2. The molecule has 2 aliphatic heterocycles. The zero-order valence-corrected chi connectivity index (χ0v) is 23.3. The molecule has 7 nitrogen and oxygen atoms in total. The van der Waals surface area contributed by atoms with Crippen LogP contribution in [0.15, 0.2) is 76.0 Å². The molecule has 2 aliphatic rings. The number of amides is 1. The minimum atomic E-state index is -0.611. The smallest absolute Gasteiger partial charge is 0.344 e. The molecule has 5 rings (SSSR count). The molecule has 1 saturated heterocycles. The number of aromatic nitrogens is 1. The summed E-state index contributed by atoms with van der Waals surface area (Å²) in [6, 6.07) is 15.5. The number of fused-ring (bicyclic) bond motifs is 1. The molecule has 3 heterocycles. The fraction of sp³-hybridized carbons (Fsp3) is 0.323. The van der Waals surface area contributed by atoms with Crippen LogP contribution < -0.4 is 0 Å². The molecule has 0 bridgehead atoms. The summed E-state index contributed by atoms with van der Waals surface area (Å²) >= 11 is 1.23. The summed E-state index contributed by atoms with van der Waals surface area (Å²) in [5.74, 6) is 0.000476. The number of aliphatic hydroxyl groups excluding tert-OH is 1. The molecule has 0 radical (unpaired) electrons. The standard InChI is InChI=1S/C31H33N3O4S/c1-4-38-31(37)28-29(36)26(39-30(28)32-23-11-9-20(2)10-12-23)17-22-18-34(25-8-6-5-7-24(22)25)19-27(35)33-15-13-21(3)14-16-33/h5-12,17-18,21,36H,4,13-16,19H2,1-3H3/b26-17-,32-30?. The van der Waals surface area contributed by atoms with Crippen LogP contribution in [0.2, 0.25) is 0 Å². The zero-order valence-electron chi connectivity index (χ0n) is 22.5. The number of aliphatic imine (C=N–C) groups is 1. The van der Waals surface area contributed by atoms with Gasteiger partial charge in [-0.05, 0) is 56.9 Å². The van der Waals surface area contributed by atoms with Gasteiger partial charge in [-0.25, -0.2) is 9.79 Å². The summed E-state index contributed by atoms with van der Waals surface area (Å²) in [6.45, 7) is 7.99. The molecule has 2 aromatic carbocycles. The number of rotatable bonds is 6. The summed E-state index contributed by atoms with van der Waals surface area (Å²) < 4.78 is 7.21. The van der Waals surface area contributed by atoms with Crippen molar-refractivity contribution in [3.63, 3.8) is 0 Å². The number of benzene rings is 2. The van der Waals surface area contributed by atoms with E-state index in [2.05, 4.69) is 11.9 Å². The minimum absolute atomic E-state index is 0.0620. The lowest BCUT2D eigenvalue weighted by Gasteiger charge is -2.30. The number of ether oxygens (including phenoxy) is 1. The second-order valence-electron chi connectivity index (χ2n) is 10.1. The second-order valence-corrected chi connectivity index (χ2v) is 11.1. The van der Waals surface area contributed by atoms with Crippen LogP contribution >= 0.6 is 11.8 Å². The van der Waals surface area contributed by atoms with Gasteiger partial charge in [-0.2, -0.15) is 0 Å². The Hall–Kier alpha value is -3.78. The highest BCUT2D eigenvalue weighted by Crippen LogP contribution is 2.41. The fourth-order valence-electron chi connectivity index (χ4n) is 4.89. The first-order chi connectivity index (χ1) is 18.8. The monoisotopic (exact) mass is 543 g/mol. The van der Waals surface area contributed by atoms with Crippen LogP contribution in [0.3, 0.4) is 0 Å². The van der Waals surface area contributed by atoms with Crippen LogP contribution in [0.5, 0.6) is 0 Å². The Balaban J connectivity index is 1.49. The van der Waals surface area contributed by atoms with E-state index < -0.39 is 5.97 Å². The maximum absolute atomic E-state index is 13.1. The molecule has 0 unspecified atom stereocenters. The van der Waals surface area contributed by atoms with Crippen molar-refractivity contribution in [1.29, 1.82) is 0 Å². The molecule has 1 amide bonds. The SMILES string of the molecule is CCOC(=O)C1=C(O)/C(=C/c2cn(CC(=O)N3CCC(C)CC3)c3ccccc23)SC1=Nc1ccc(C)cc1. The van der Waals surface area contributed by atoms with Crippen molar-refractivity contribution in [3.8, 4) is 0 Å². The first kappa shape index (κ1) is 26.8. The van der Waals surface area contributed by atoms with Crippen LogP contribution in [0.1, 0.15) is 37.8 Å². The van der Waals surface area contributed by atoms with E-state index in [0.717, 1.165) is 48.0 Å². The third kappa shape index (κ3) is 5.81. The van der Waals surface area contributed by atoms with Crippen molar-refractivity contribution in [3.05, 3.63) is 82.1 Å². The number of aliphatic hydroxyl groups is 1. The molecule has 0 saturated carbocycles. The van der Waals surface area contributed by atoms with Gasteiger partial charge in [-0.15, -0.1) is 0 Å². The van der Waals surface area contributed by atoms with Gasteiger partial charge >= 0.3 is 5.97 Å². The third-order valence-corrected chi connectivity index (χ3v) is 8.20. The van der Waals surface area contributed by atoms with E-state index in [1.807, 2.05) is 77.2 Å². The summed E-state index contributed by atoms with van der Waals surface area (Å²) in [7, 11) is 0. The van der Waals surface area contributed by atoms with Crippen LogP contribution in [-0.2, 0) is 20.9 Å². The van der Waals surface area contributed by atoms with Crippen molar-refractivity contribution < 1.29 is 19.4 Å². The topological polar surface area (TPSA) is 84.1 Å². The van der Waals surface area contributed by atoms with E-state index in [-0.39, 0.29) is 30.4 Å². The Kier molecular flexibility index (Phi) is 7.93. The Morgan fingerprint density at radius 3 is 2.56 bits per heavy atom. The number of thioether (sulfide) groups is 1. The summed E-state index contributed by atoms with van der Waals surface area (Å²) in [5, 5.41) is 12.5. The molecule has 39 heavy (non-hydrogen) atoms. The van der Waals surface area contributed by atoms with Crippen molar-refractivity contribution >= 4 is 51.3 Å². The lowest BCUT2D eigenvalue weighted by atomic mass is 9.99. The number of carbonyl (C=O) groups is 2. The van der Waals surface area contributed by atoms with Crippen molar-refractivity contribution in [2.75, 3.05) is 19.7 Å². The second kappa shape index (κ2) is 11.5. The van der Waals surface area contributed by atoms with Gasteiger partial charge in [0.1, 0.15) is 22.9 Å². The Labute approximate surface area is 232 Å². The summed E-state index contributed by atoms with van der Waals surface area (Å²) in [4.78, 5) is 33.0. The fourth-order valence-corrected chi connectivity index (χ4v) is 5.92. The van der Waals surface area contributed by atoms with Gasteiger partial charge in [0.2, 0.25) is 5.91 Å². The van der Waals surface area contributed by atoms with Crippen molar-refractivity contribution in [2.45, 2.75) is 40.2 Å². The lowest BCUT2D eigenvalue weighted by molar-refractivity contribution is -0.138. The Morgan fingerprint density at radius 2 is 1.85 bits per heavy atom. The van der Waals surface area contributed by atoms with E-state index in [0.29, 0.717) is 21.6 Å². The average molecular weight is 544 g/mol. The molecule has 1 aromatic heterocycles. The molecule has 0 aliphatic carbocycles. The number of aryl methyl sites for hydroxylation is 1. The zero-order chi connectivity index (χ0) is 27.5. The normalized spacial score (nSPS) is 18.5. The maximum atomic E-state index is 13.1. The molecule has 8 heteroatoms. The van der Waals surface area contributed by atoms with Gasteiger partial charge in [-0.3, -0.25) is 4.79 Å². The number of nitrogens with zero attached hydrogens (tertiary/aromatic N) is 3. The van der Waals surface area contributed by atoms with Gasteiger partial charge in [-0.1, -0.05) is 54.6 Å². The molecule has 0 spiro atoms. The van der Waals surface area contributed by atoms with E-state index in [1.165, 1.54) is 11.8 Å². The van der Waals surface area contributed by atoms with Gasteiger partial charge < -0.3 is 19.3 Å². The van der Waals surface area contributed by atoms with Crippen LogP contribution in [0.25, 0.3) is 17.0 Å². The molecular weight excluding hydrogens is 510 g/mol. The molecule has 0 atom stereocenters. The lowest BCUT2D eigenvalue weighted by Crippen LogP contribution is -2.39. The number of likely N-dealkylation sites (tertiary alicyclic amines) is 1. The molecule has 1 fully saturated rings. The van der Waals surface area contributed by atoms with E-state index in [9.17, 15) is 14.7 Å². The number of esters is 1. The summed E-state index contributed by atoms with van der Waals surface area (Å²) in [5.41, 5.74) is 3.63. The Bertz CT molecular complexity index is 1490. The third-order valence-electron chi connectivity index (χ3n) is 7.18. The number of piperidine rings is 1. The first-order valence-corrected chi connectivity index (χ1v) is 14.2. The predicted molar refractivity (Wildman–Crippen MR) is 157 cm³/mol. The number of hydrogen-bond acceptors (Lipinski definition) is 6. The maximum Gasteiger partial charge on any atom is 0.344 e. The van der Waals surface area contributed by atoms with Crippen LogP contribution in [0.4, 0.5) is 5.69 Å². The van der Waals surface area contributed by atoms with E-state index in [4.69, 9.17) is 4.74 Å². The molecule has 202 valence electrons. The minimum Gasteiger partial charge on any atom is -0.506 e. The van der Waals surface area contributed by atoms with Gasteiger partial charge in [0.15, 0.2) is 0 Å². The predicted octanol–water partition coefficient (Wildman–Crippen LogP) is 6.40. The first-order valence-electron chi connectivity index (χ1n) is 13.4. The summed E-state index contributed by atoms with van der Waals surface area (Å²) in [6.07, 6.45) is 5.86. The van der Waals surface area contributed by atoms with E-state index in [1.54, 1.807) is 6.92 Å². The molecule has 1 N–H and O–H groups in total. The highest BCUT2D eigenvalue weighted by molar-refractivity contribution is 8.18. The van der Waals surface area contributed by atoms with Crippen molar-refractivity contribution in [2.24, 2.45) is 10.9 Å². The van der Waals surface area contributed by atoms with Crippen LogP contribution in [-0.4, -0.2) is 51.2 Å². The van der Waals surface area contributed by atoms with E-state index >= 15 is 0 Å². The number of para-hydroxylation sites is 1. The van der Waals surface area contributed by atoms with Gasteiger partial charge in [0.05, 0.1) is 17.2 Å². The largest absolute Gasteiger partial charge is 0.506 e. The van der Waals surface area contributed by atoms with Crippen molar-refractivity contribution in [1.82, 2.24) is 9.47 Å².